The van der Waals surface area contributed by atoms with Gasteiger partial charge in [-0.05, 0) is 52.1 Å². The molecule has 0 aliphatic carbocycles. The summed E-state index contributed by atoms with van der Waals surface area (Å²) in [6.07, 6.45) is 0.913. The number of hydrogen-bond donors (Lipinski definition) is 1. The van der Waals surface area contributed by atoms with Crippen LogP contribution >= 0.6 is 0 Å². The minimum Gasteiger partial charge on any atom is -0.466 e. The molecule has 0 aliphatic rings. The third kappa shape index (κ3) is 3.27. The molecule has 120 valence electrons. The quantitative estimate of drug-likeness (QED) is 0.764. The van der Waals surface area contributed by atoms with Crippen LogP contribution in [0.3, 0.4) is 0 Å². The van der Waals surface area contributed by atoms with Crippen molar-refractivity contribution in [3.8, 4) is 0 Å². The molecule has 1 heterocycles. The van der Waals surface area contributed by atoms with Crippen LogP contribution in [0.4, 0.5) is 0 Å². The van der Waals surface area contributed by atoms with Crippen molar-refractivity contribution >= 4 is 0 Å². The number of aliphatic hydroxyl groups is 1. The lowest BCUT2D eigenvalue weighted by atomic mass is 9.82. The molecular weight excluding hydrogens is 272 g/mol. The summed E-state index contributed by atoms with van der Waals surface area (Å²) >= 11 is 0. The van der Waals surface area contributed by atoms with E-state index in [0.29, 0.717) is 23.5 Å². The van der Waals surface area contributed by atoms with Gasteiger partial charge >= 0.3 is 0 Å². The number of furan rings is 1. The van der Waals surface area contributed by atoms with E-state index in [4.69, 9.17) is 4.42 Å². The molecule has 2 rings (SSSR count). The van der Waals surface area contributed by atoms with Crippen molar-refractivity contribution in [2.45, 2.75) is 65.4 Å². The van der Waals surface area contributed by atoms with Crippen molar-refractivity contribution in [1.29, 1.82) is 0 Å². The van der Waals surface area contributed by atoms with E-state index >= 15 is 0 Å². The first-order valence-electron chi connectivity index (χ1n) is 8.22. The first-order chi connectivity index (χ1) is 10.3. The van der Waals surface area contributed by atoms with Crippen LogP contribution in [0.1, 0.15) is 93.4 Å². The number of rotatable bonds is 5. The Morgan fingerprint density at radius 2 is 1.41 bits per heavy atom. The molecule has 0 bridgehead atoms. The second kappa shape index (κ2) is 6.70. The molecule has 0 aliphatic heterocycles. The molecule has 0 radical (unpaired) electrons. The Balaban J connectivity index is 2.68. The van der Waals surface area contributed by atoms with Crippen LogP contribution in [-0.2, 0) is 0 Å². The largest absolute Gasteiger partial charge is 0.466 e. The molecule has 0 fully saturated rings. The van der Waals surface area contributed by atoms with Gasteiger partial charge in [-0.3, -0.25) is 0 Å². The summed E-state index contributed by atoms with van der Waals surface area (Å²) in [5.74, 6) is 1.80. The highest BCUT2D eigenvalue weighted by Gasteiger charge is 2.24. The maximum absolute atomic E-state index is 10.9. The molecule has 2 nitrogen and oxygen atoms in total. The highest BCUT2D eigenvalue weighted by molar-refractivity contribution is 5.46. The summed E-state index contributed by atoms with van der Waals surface area (Å²) in [7, 11) is 0. The zero-order valence-corrected chi connectivity index (χ0v) is 14.6. The van der Waals surface area contributed by atoms with Crippen LogP contribution < -0.4 is 0 Å². The van der Waals surface area contributed by atoms with Crippen molar-refractivity contribution in [1.82, 2.24) is 0 Å². The van der Waals surface area contributed by atoms with Crippen LogP contribution in [-0.4, -0.2) is 5.11 Å². The van der Waals surface area contributed by atoms with E-state index in [1.54, 1.807) is 6.26 Å². The predicted octanol–water partition coefficient (Wildman–Crippen LogP) is 5.73. The third-order valence-corrected chi connectivity index (χ3v) is 4.26. The average Bonchev–Trinajstić information content (AvgIpc) is 2.98. The highest BCUT2D eigenvalue weighted by Crippen LogP contribution is 2.38. The molecule has 0 amide bonds. The zero-order valence-electron chi connectivity index (χ0n) is 14.6. The van der Waals surface area contributed by atoms with Crippen molar-refractivity contribution in [3.05, 3.63) is 58.5 Å². The van der Waals surface area contributed by atoms with Crippen molar-refractivity contribution in [2.75, 3.05) is 0 Å². The van der Waals surface area contributed by atoms with Crippen molar-refractivity contribution in [2.24, 2.45) is 0 Å². The fourth-order valence-electron chi connectivity index (χ4n) is 2.92. The van der Waals surface area contributed by atoms with E-state index in [0.717, 1.165) is 5.56 Å². The Morgan fingerprint density at radius 3 is 1.77 bits per heavy atom. The van der Waals surface area contributed by atoms with E-state index in [-0.39, 0.29) is 0 Å². The fourth-order valence-corrected chi connectivity index (χ4v) is 2.92. The Morgan fingerprint density at radius 1 is 0.864 bits per heavy atom. The summed E-state index contributed by atoms with van der Waals surface area (Å²) in [5, 5.41) is 10.9. The van der Waals surface area contributed by atoms with Gasteiger partial charge in [0.15, 0.2) is 0 Å². The van der Waals surface area contributed by atoms with Gasteiger partial charge in [-0.1, -0.05) is 53.7 Å². The molecule has 2 aromatic rings. The Bertz CT molecular complexity index is 578. The molecule has 0 saturated carbocycles. The molecule has 22 heavy (non-hydrogen) atoms. The molecule has 0 saturated heterocycles. The number of aliphatic hydroxyl groups excluding tert-OH is 1. The van der Waals surface area contributed by atoms with Gasteiger partial charge in [0.25, 0.3) is 0 Å². The number of hydrogen-bond acceptors (Lipinski definition) is 2. The Hall–Kier alpha value is -1.54. The summed E-state index contributed by atoms with van der Waals surface area (Å²) in [5.41, 5.74) is 4.80. The summed E-state index contributed by atoms with van der Waals surface area (Å²) in [6.45, 7) is 13.2. The lowest BCUT2D eigenvalue weighted by molar-refractivity contribution is 0.186. The SMILES string of the molecule is CC(C)c1cc(C(C)C)c(C(O)c2ccco2)c(C(C)C)c1. The van der Waals surface area contributed by atoms with Crippen LogP contribution in [0.15, 0.2) is 34.9 Å². The monoisotopic (exact) mass is 300 g/mol. The van der Waals surface area contributed by atoms with Gasteiger partial charge in [0.05, 0.1) is 6.26 Å². The highest BCUT2D eigenvalue weighted by atomic mass is 16.4. The summed E-state index contributed by atoms with van der Waals surface area (Å²) in [6, 6.07) is 8.17. The van der Waals surface area contributed by atoms with Crippen LogP contribution in [0.2, 0.25) is 0 Å². The first kappa shape index (κ1) is 16.8. The second-order valence-corrected chi connectivity index (χ2v) is 7.00. The summed E-state index contributed by atoms with van der Waals surface area (Å²) < 4.78 is 5.45. The molecule has 1 aromatic heterocycles. The lowest BCUT2D eigenvalue weighted by Gasteiger charge is -2.25. The second-order valence-electron chi connectivity index (χ2n) is 7.00. The van der Waals surface area contributed by atoms with Gasteiger partial charge < -0.3 is 9.52 Å². The van der Waals surface area contributed by atoms with Crippen LogP contribution in [0.5, 0.6) is 0 Å². The predicted molar refractivity (Wildman–Crippen MR) is 91.5 cm³/mol. The van der Waals surface area contributed by atoms with Gasteiger partial charge in [0, 0.05) is 0 Å². The van der Waals surface area contributed by atoms with E-state index in [1.165, 1.54) is 16.7 Å². The maximum Gasteiger partial charge on any atom is 0.137 e. The van der Waals surface area contributed by atoms with E-state index < -0.39 is 6.10 Å². The van der Waals surface area contributed by atoms with Crippen LogP contribution in [0.25, 0.3) is 0 Å². The molecule has 1 unspecified atom stereocenters. The fraction of sp³-hybridized carbons (Fsp3) is 0.500. The number of benzene rings is 1. The standard InChI is InChI=1S/C20H28O2/c1-12(2)15-10-16(13(3)4)19(17(11-15)14(5)6)20(21)18-8-7-9-22-18/h7-14,20-21H,1-6H3. The molecule has 1 aromatic carbocycles. The van der Waals surface area contributed by atoms with Crippen LogP contribution in [0, 0.1) is 0 Å². The van der Waals surface area contributed by atoms with Gasteiger partial charge in [0.1, 0.15) is 11.9 Å². The topological polar surface area (TPSA) is 33.4 Å². The molecule has 2 heteroatoms. The van der Waals surface area contributed by atoms with E-state index in [9.17, 15) is 5.11 Å². The molecule has 0 spiro atoms. The minimum absolute atomic E-state index is 0.357. The zero-order chi connectivity index (χ0) is 16.4. The Kier molecular flexibility index (Phi) is 5.12. The van der Waals surface area contributed by atoms with Crippen molar-refractivity contribution in [3.63, 3.8) is 0 Å². The molecular formula is C20H28O2. The van der Waals surface area contributed by atoms with Gasteiger partial charge in [-0.2, -0.15) is 0 Å². The average molecular weight is 300 g/mol. The normalized spacial score (nSPS) is 13.4. The van der Waals surface area contributed by atoms with Crippen molar-refractivity contribution < 1.29 is 9.52 Å². The molecule has 1 N–H and O–H groups in total. The Labute approximate surface area is 134 Å². The summed E-state index contributed by atoms with van der Waals surface area (Å²) in [4.78, 5) is 0. The van der Waals surface area contributed by atoms with Gasteiger partial charge in [0.2, 0.25) is 0 Å². The smallest absolute Gasteiger partial charge is 0.137 e. The maximum atomic E-state index is 10.9. The molecule has 1 atom stereocenters. The van der Waals surface area contributed by atoms with Gasteiger partial charge in [-0.25, -0.2) is 0 Å². The van der Waals surface area contributed by atoms with E-state index in [2.05, 4.69) is 53.7 Å². The lowest BCUT2D eigenvalue weighted by Crippen LogP contribution is -2.11. The third-order valence-electron chi connectivity index (χ3n) is 4.26. The first-order valence-corrected chi connectivity index (χ1v) is 8.22. The van der Waals surface area contributed by atoms with Gasteiger partial charge in [-0.15, -0.1) is 0 Å². The minimum atomic E-state index is -0.703. The van der Waals surface area contributed by atoms with E-state index in [1.807, 2.05) is 12.1 Å².